The third-order valence-corrected chi connectivity index (χ3v) is 5.25. The molecule has 0 aliphatic heterocycles. The highest BCUT2D eigenvalue weighted by atomic mass is 32.2. The van der Waals surface area contributed by atoms with Crippen LogP contribution in [-0.2, 0) is 4.79 Å². The highest BCUT2D eigenvalue weighted by Crippen LogP contribution is 2.28. The van der Waals surface area contributed by atoms with Crippen LogP contribution < -0.4 is 0 Å². The molecular weight excluding hydrogens is 406 g/mol. The van der Waals surface area contributed by atoms with Crippen LogP contribution in [0.25, 0.3) is 17.1 Å². The summed E-state index contributed by atoms with van der Waals surface area (Å²) in [5, 5.41) is 8.96. The van der Waals surface area contributed by atoms with Crippen LogP contribution in [0, 0.1) is 11.6 Å². The average Bonchev–Trinajstić information content (AvgIpc) is 3.15. The standard InChI is InChI=1S/C22H22F2N4OS/c1-4-27(13-15(2)3)20(29)14-30-22-26-25-21(16-5-7-17(23)8-6-16)28(22)19-11-9-18(24)10-12-19/h5-12H,2,4,13-14H2,1,3H3. The Labute approximate surface area is 178 Å². The van der Waals surface area contributed by atoms with Crippen molar-refractivity contribution in [2.24, 2.45) is 0 Å². The zero-order valence-electron chi connectivity index (χ0n) is 16.8. The predicted molar refractivity (Wildman–Crippen MR) is 115 cm³/mol. The second-order valence-corrected chi connectivity index (χ2v) is 7.72. The number of likely N-dealkylation sites (N-methyl/N-ethyl adjacent to an activating group) is 1. The van der Waals surface area contributed by atoms with Gasteiger partial charge in [0, 0.05) is 24.3 Å². The van der Waals surface area contributed by atoms with Crippen molar-refractivity contribution in [1.82, 2.24) is 19.7 Å². The van der Waals surface area contributed by atoms with Gasteiger partial charge in [-0.15, -0.1) is 10.2 Å². The fourth-order valence-corrected chi connectivity index (χ4v) is 3.75. The molecule has 3 rings (SSSR count). The number of hydrogen-bond acceptors (Lipinski definition) is 4. The van der Waals surface area contributed by atoms with Gasteiger partial charge in [-0.25, -0.2) is 8.78 Å². The van der Waals surface area contributed by atoms with Crippen molar-refractivity contribution >= 4 is 17.7 Å². The second-order valence-electron chi connectivity index (χ2n) is 6.78. The van der Waals surface area contributed by atoms with Crippen molar-refractivity contribution in [1.29, 1.82) is 0 Å². The molecule has 8 heteroatoms. The van der Waals surface area contributed by atoms with Crippen molar-refractivity contribution < 1.29 is 13.6 Å². The molecular formula is C22H22F2N4OS. The number of carbonyl (C=O) groups excluding carboxylic acids is 1. The molecule has 30 heavy (non-hydrogen) atoms. The summed E-state index contributed by atoms with van der Waals surface area (Å²) in [5.41, 5.74) is 2.21. The molecule has 0 aliphatic carbocycles. The Bertz CT molecular complexity index is 1030. The Kier molecular flexibility index (Phi) is 6.99. The van der Waals surface area contributed by atoms with E-state index in [1.165, 1.54) is 36.0 Å². The summed E-state index contributed by atoms with van der Waals surface area (Å²) in [4.78, 5) is 14.3. The van der Waals surface area contributed by atoms with Crippen LogP contribution in [0.5, 0.6) is 0 Å². The van der Waals surface area contributed by atoms with Gasteiger partial charge in [-0.1, -0.05) is 23.9 Å². The van der Waals surface area contributed by atoms with Gasteiger partial charge in [0.05, 0.1) is 5.75 Å². The molecule has 156 valence electrons. The number of carbonyl (C=O) groups is 1. The normalized spacial score (nSPS) is 10.8. The number of thioether (sulfide) groups is 1. The maximum Gasteiger partial charge on any atom is 0.233 e. The van der Waals surface area contributed by atoms with Crippen molar-refractivity contribution in [2.75, 3.05) is 18.8 Å². The highest BCUT2D eigenvalue weighted by Gasteiger charge is 2.19. The summed E-state index contributed by atoms with van der Waals surface area (Å²) in [5.74, 6) is -0.112. The quantitative estimate of drug-likeness (QED) is 0.385. The maximum atomic E-state index is 13.4. The maximum absolute atomic E-state index is 13.4. The van der Waals surface area contributed by atoms with Gasteiger partial charge in [-0.2, -0.15) is 0 Å². The summed E-state index contributed by atoms with van der Waals surface area (Å²) in [6, 6.07) is 11.8. The van der Waals surface area contributed by atoms with E-state index in [2.05, 4.69) is 16.8 Å². The third-order valence-electron chi connectivity index (χ3n) is 4.34. The zero-order valence-corrected chi connectivity index (χ0v) is 17.6. The van der Waals surface area contributed by atoms with Crippen molar-refractivity contribution in [3.63, 3.8) is 0 Å². The van der Waals surface area contributed by atoms with Gasteiger partial charge in [0.25, 0.3) is 0 Å². The summed E-state index contributed by atoms with van der Waals surface area (Å²) >= 11 is 1.24. The number of benzene rings is 2. The van der Waals surface area contributed by atoms with E-state index in [4.69, 9.17) is 0 Å². The molecule has 1 aromatic heterocycles. The molecule has 2 aromatic carbocycles. The van der Waals surface area contributed by atoms with E-state index in [1.54, 1.807) is 33.7 Å². The molecule has 0 fully saturated rings. The van der Waals surface area contributed by atoms with Gasteiger partial charge in [0.2, 0.25) is 5.91 Å². The molecule has 0 N–H and O–H groups in total. The molecule has 0 bridgehead atoms. The summed E-state index contributed by atoms with van der Waals surface area (Å²) < 4.78 is 28.5. The molecule has 0 radical (unpaired) electrons. The summed E-state index contributed by atoms with van der Waals surface area (Å²) in [6.45, 7) is 8.74. The Morgan fingerprint density at radius 3 is 2.23 bits per heavy atom. The van der Waals surface area contributed by atoms with E-state index < -0.39 is 0 Å². The van der Waals surface area contributed by atoms with E-state index in [-0.39, 0.29) is 23.3 Å². The van der Waals surface area contributed by atoms with E-state index in [1.807, 2.05) is 13.8 Å². The van der Waals surface area contributed by atoms with Crippen LogP contribution in [0.2, 0.25) is 0 Å². The minimum Gasteiger partial charge on any atom is -0.338 e. The molecule has 0 aliphatic rings. The largest absolute Gasteiger partial charge is 0.338 e. The molecule has 1 amide bonds. The van der Waals surface area contributed by atoms with Crippen LogP contribution in [0.4, 0.5) is 8.78 Å². The summed E-state index contributed by atoms with van der Waals surface area (Å²) in [7, 11) is 0. The lowest BCUT2D eigenvalue weighted by Gasteiger charge is -2.20. The first-order valence-corrected chi connectivity index (χ1v) is 10.4. The van der Waals surface area contributed by atoms with Crippen molar-refractivity contribution in [3.8, 4) is 17.1 Å². The molecule has 1 heterocycles. The number of halogens is 2. The van der Waals surface area contributed by atoms with Gasteiger partial charge < -0.3 is 4.90 Å². The molecule has 0 spiro atoms. The lowest BCUT2D eigenvalue weighted by Crippen LogP contribution is -2.33. The lowest BCUT2D eigenvalue weighted by atomic mass is 10.2. The summed E-state index contributed by atoms with van der Waals surface area (Å²) in [6.07, 6.45) is 0. The van der Waals surface area contributed by atoms with Gasteiger partial charge >= 0.3 is 0 Å². The van der Waals surface area contributed by atoms with Gasteiger partial charge in [0.1, 0.15) is 11.6 Å². The molecule has 5 nitrogen and oxygen atoms in total. The molecule has 0 atom stereocenters. The van der Waals surface area contributed by atoms with Crippen LogP contribution in [-0.4, -0.2) is 44.4 Å². The fraction of sp³-hybridized carbons (Fsp3) is 0.227. The molecule has 3 aromatic rings. The number of amides is 1. The third kappa shape index (κ3) is 5.13. The Hall–Kier alpha value is -3.00. The number of hydrogen-bond donors (Lipinski definition) is 0. The van der Waals surface area contributed by atoms with E-state index in [9.17, 15) is 13.6 Å². The first-order chi connectivity index (χ1) is 14.4. The fourth-order valence-electron chi connectivity index (χ4n) is 2.89. The van der Waals surface area contributed by atoms with Crippen LogP contribution >= 0.6 is 11.8 Å². The van der Waals surface area contributed by atoms with Crippen LogP contribution in [0.1, 0.15) is 13.8 Å². The Morgan fingerprint density at radius 1 is 1.07 bits per heavy atom. The first-order valence-electron chi connectivity index (χ1n) is 9.41. The zero-order chi connectivity index (χ0) is 21.7. The number of aromatic nitrogens is 3. The van der Waals surface area contributed by atoms with Crippen molar-refractivity contribution in [2.45, 2.75) is 19.0 Å². The first kappa shape index (κ1) is 21.7. The topological polar surface area (TPSA) is 51.0 Å². The average molecular weight is 429 g/mol. The van der Waals surface area contributed by atoms with Crippen LogP contribution in [0.15, 0.2) is 65.8 Å². The van der Waals surface area contributed by atoms with E-state index in [0.717, 1.165) is 5.57 Å². The number of nitrogens with zero attached hydrogens (tertiary/aromatic N) is 4. The lowest BCUT2D eigenvalue weighted by molar-refractivity contribution is -0.127. The van der Waals surface area contributed by atoms with E-state index >= 15 is 0 Å². The molecule has 0 unspecified atom stereocenters. The molecule has 0 saturated heterocycles. The minimum atomic E-state index is -0.363. The molecule has 0 saturated carbocycles. The van der Waals surface area contributed by atoms with Gasteiger partial charge in [0.15, 0.2) is 11.0 Å². The smallest absolute Gasteiger partial charge is 0.233 e. The Balaban J connectivity index is 1.92. The second kappa shape index (κ2) is 9.67. The Morgan fingerprint density at radius 2 is 1.67 bits per heavy atom. The SMILES string of the molecule is C=C(C)CN(CC)C(=O)CSc1nnc(-c2ccc(F)cc2)n1-c1ccc(F)cc1. The number of rotatable bonds is 8. The van der Waals surface area contributed by atoms with E-state index in [0.29, 0.717) is 35.3 Å². The highest BCUT2D eigenvalue weighted by molar-refractivity contribution is 7.99. The van der Waals surface area contributed by atoms with Gasteiger partial charge in [-0.3, -0.25) is 9.36 Å². The van der Waals surface area contributed by atoms with Crippen LogP contribution in [0.3, 0.4) is 0 Å². The van der Waals surface area contributed by atoms with Gasteiger partial charge in [-0.05, 0) is 62.4 Å². The predicted octanol–water partition coefficient (Wildman–Crippen LogP) is 4.73. The monoisotopic (exact) mass is 428 g/mol. The van der Waals surface area contributed by atoms with Crippen molar-refractivity contribution in [3.05, 3.63) is 72.3 Å². The minimum absolute atomic E-state index is 0.0394.